The Labute approximate surface area is 622 Å². The fourth-order valence-corrected chi connectivity index (χ4v) is 13.6. The Morgan fingerprint density at radius 2 is 1.02 bits per heavy atom. The van der Waals surface area contributed by atoms with Gasteiger partial charge in [-0.05, 0) is 74.3 Å². The number of carboxylic acids is 2. The topological polar surface area (TPSA) is 563 Å². The Kier molecular flexibility index (Phi) is 31.2. The van der Waals surface area contributed by atoms with E-state index in [4.69, 9.17) is 5.73 Å². The van der Waals surface area contributed by atoms with Crippen LogP contribution in [0.3, 0.4) is 0 Å². The van der Waals surface area contributed by atoms with E-state index in [9.17, 15) is 68.4 Å². The second kappa shape index (κ2) is 40.0. The number of carboxylic acid groups (broad SMARTS) is 2. The van der Waals surface area contributed by atoms with Crippen LogP contribution in [0.4, 0.5) is 0 Å². The zero-order valence-corrected chi connectivity index (χ0v) is 61.1. The number of aromatic amines is 3. The summed E-state index contributed by atoms with van der Waals surface area (Å²) in [7, 11) is 1.82. The third-order valence-electron chi connectivity index (χ3n) is 17.8. The van der Waals surface area contributed by atoms with E-state index in [-0.39, 0.29) is 60.7 Å². The highest BCUT2D eigenvalue weighted by molar-refractivity contribution is 8.76. The molecule has 578 valence electrons. The van der Waals surface area contributed by atoms with E-state index >= 15 is 19.2 Å². The zero-order chi connectivity index (χ0) is 78.2. The minimum Gasteiger partial charge on any atom is -0.508 e. The number of phenolic OH excluding ortho intramolecular Hbond substituents is 1. The SMILES string of the molecule is CC[C@H](C)[C@@H]1NC(=O)[C@@H]2CC=CC[C@H](NC(=O)[C@H](Cc3cnc[nH]3)NC(=O)[C@H](Cc3cnc[nH]3)NC(=O)[C@H](CCC(=O)O)NC1=O)C(=O)N[C@@H](Cc1c[nH]c3ccccc13)C(=O)N[C@@H]([C@@H](C)O)C(=O)N[C@H](C(=O)O)CSSC[C@H](N)C(=O)N[C@@H](C(C)C)C(=O)N[C@@H](C)C(=O)N[C@@H](Cc1ccc(O)cc1)C(=O)N2. The van der Waals surface area contributed by atoms with Crippen LogP contribution in [-0.4, -0.2) is 224 Å². The molecule has 0 unspecified atom stereocenters. The van der Waals surface area contributed by atoms with Gasteiger partial charge >= 0.3 is 11.9 Å². The number of aromatic hydroxyl groups is 1. The van der Waals surface area contributed by atoms with Gasteiger partial charge in [0.2, 0.25) is 70.9 Å². The van der Waals surface area contributed by atoms with Gasteiger partial charge in [0.15, 0.2) is 0 Å². The molecule has 36 nitrogen and oxygen atoms in total. The number of amides is 12. The fraction of sp³-hybridized carbons (Fsp3) is 0.478. The molecule has 7 rings (SSSR count). The Hall–Kier alpha value is -10.9. The van der Waals surface area contributed by atoms with Crippen LogP contribution in [0.15, 0.2) is 91.9 Å². The zero-order valence-electron chi connectivity index (χ0n) is 59.5. The van der Waals surface area contributed by atoms with Gasteiger partial charge in [-0.2, -0.15) is 0 Å². The highest BCUT2D eigenvalue weighted by atomic mass is 33.1. The van der Waals surface area contributed by atoms with Gasteiger partial charge in [0, 0.05) is 84.5 Å². The second-order valence-corrected chi connectivity index (χ2v) is 29.0. The van der Waals surface area contributed by atoms with Crippen LogP contribution >= 0.6 is 21.6 Å². The molecular formula is C69H92N18O18S2. The van der Waals surface area contributed by atoms with Crippen LogP contribution in [0.1, 0.15) is 96.2 Å². The average molecular weight is 1530 g/mol. The first-order chi connectivity index (χ1) is 50.9. The number of aliphatic carboxylic acids is 2. The number of aliphatic hydroxyl groups is 1. The summed E-state index contributed by atoms with van der Waals surface area (Å²) in [5, 5.41) is 73.1. The molecule has 2 aliphatic rings. The normalized spacial score (nSPS) is 26.0. The summed E-state index contributed by atoms with van der Waals surface area (Å²) in [4.78, 5) is 218. The predicted molar refractivity (Wildman–Crippen MR) is 389 cm³/mol. The van der Waals surface area contributed by atoms with Crippen molar-refractivity contribution in [3.8, 4) is 5.75 Å². The molecule has 0 aliphatic carbocycles. The Bertz CT molecular complexity index is 3990. The number of fused-ring (bicyclic) bond motifs is 5. The first-order valence-corrected chi connectivity index (χ1v) is 37.1. The minimum absolute atomic E-state index is 0.156. The summed E-state index contributed by atoms with van der Waals surface area (Å²) < 4.78 is 0. The number of carbonyl (C=O) groups is 14. The van der Waals surface area contributed by atoms with E-state index in [0.717, 1.165) is 28.5 Å². The number of H-pyrrole nitrogens is 3. The number of aliphatic hydroxyl groups excluding tert-OH is 1. The van der Waals surface area contributed by atoms with Crippen molar-refractivity contribution < 1.29 is 87.5 Å². The highest BCUT2D eigenvalue weighted by Gasteiger charge is 2.40. The number of imidazole rings is 2. The van der Waals surface area contributed by atoms with Crippen molar-refractivity contribution in [1.82, 2.24) is 88.7 Å². The quantitative estimate of drug-likeness (QED) is 0.0360. The van der Waals surface area contributed by atoms with Gasteiger partial charge in [0.25, 0.3) is 0 Å². The molecule has 0 spiro atoms. The standard InChI is InChI=1S/C69H92N18O18S2/c1-7-34(4)55-67(102)79-47(20-21-53(90)91)60(95)82-51(25-40-28-72-32-75-40)64(99)83-50(24-39-27-71-31-74-39)63(98)77-45-14-10-11-15-46(61(96)86-55)78-62(97)48(22-37-16-18-41(89)19-17-37)80-57(92)35(5)76-66(101)54(33(2)3)85-58(93)43(70)29-106-107-30-52(69(104)105)84-68(103)56(36(6)88)87-65(100)49(81-59(45)94)23-38-26-73-44-13-9-8-12-42(38)44/h8-13,16-19,26-28,31-36,43,45-52,54-56,73,88-89H,7,14-15,20-25,29-30,70H2,1-6H3,(H,71,74)(H,72,75)(H,76,101)(H,77,98)(H,78,97)(H,79,102)(H,80,92)(H,81,94)(H,82,95)(H,83,99)(H,84,103)(H,85,93)(H,86,96)(H,87,100)(H,90,91)(H,104,105)/t34-,35-,36+,43-,45-,46-,47-,48-,49-,50-,51-,52-,54-,55-,56-/m0/s1. The molecule has 0 radical (unpaired) electrons. The lowest BCUT2D eigenvalue weighted by molar-refractivity contribution is -0.142. The lowest BCUT2D eigenvalue weighted by Gasteiger charge is -2.30. The van der Waals surface area contributed by atoms with Gasteiger partial charge in [-0.1, -0.05) is 98.2 Å². The number of rotatable bonds is 16. The molecule has 3 aromatic heterocycles. The molecule has 21 N–H and O–H groups in total. The molecule has 5 aromatic rings. The molecule has 2 bridgehead atoms. The van der Waals surface area contributed by atoms with E-state index in [1.54, 1.807) is 58.2 Å². The van der Waals surface area contributed by atoms with Gasteiger partial charge in [-0.3, -0.25) is 62.3 Å². The lowest BCUT2D eigenvalue weighted by Crippen LogP contribution is -2.62. The van der Waals surface area contributed by atoms with Gasteiger partial charge < -0.3 is 105 Å². The van der Waals surface area contributed by atoms with E-state index in [2.05, 4.69) is 88.7 Å². The summed E-state index contributed by atoms with van der Waals surface area (Å²) in [5.74, 6) is -17.4. The maximum atomic E-state index is 15.4. The van der Waals surface area contributed by atoms with Crippen molar-refractivity contribution in [2.45, 2.75) is 184 Å². The lowest BCUT2D eigenvalue weighted by atomic mass is 9.96. The summed E-state index contributed by atoms with van der Waals surface area (Å²) in [6, 6.07) is -8.79. The Balaban J connectivity index is 1.39. The maximum Gasteiger partial charge on any atom is 0.327 e. The Morgan fingerprint density at radius 3 is 1.58 bits per heavy atom. The average Bonchev–Trinajstić information content (AvgIpc) is 1.79. The van der Waals surface area contributed by atoms with Crippen molar-refractivity contribution >= 4 is 115 Å². The molecular weight excluding hydrogens is 1430 g/mol. The molecule has 0 saturated heterocycles. The first-order valence-electron chi connectivity index (χ1n) is 34.6. The van der Waals surface area contributed by atoms with Gasteiger partial charge in [-0.15, -0.1) is 0 Å². The highest BCUT2D eigenvalue weighted by Crippen LogP contribution is 2.24. The third-order valence-corrected chi connectivity index (χ3v) is 20.2. The van der Waals surface area contributed by atoms with Crippen molar-refractivity contribution in [2.24, 2.45) is 17.6 Å². The summed E-state index contributed by atoms with van der Waals surface area (Å²) in [5.41, 5.74) is 8.19. The number of carbonyl (C=O) groups excluding carboxylic acids is 12. The van der Waals surface area contributed by atoms with Gasteiger partial charge in [0.1, 0.15) is 78.3 Å². The number of nitrogens with one attached hydrogen (secondary N) is 15. The van der Waals surface area contributed by atoms with E-state index < -0.39 is 205 Å². The monoisotopic (exact) mass is 1520 g/mol. The van der Waals surface area contributed by atoms with Crippen LogP contribution < -0.4 is 69.5 Å². The number of phenols is 1. The first kappa shape index (κ1) is 83.4. The third kappa shape index (κ3) is 24.9. The minimum atomic E-state index is -1.91. The number of para-hydroxylation sites is 1. The van der Waals surface area contributed by atoms with Crippen molar-refractivity contribution in [3.63, 3.8) is 0 Å². The summed E-state index contributed by atoms with van der Waals surface area (Å²) >= 11 is 0. The molecule has 0 fully saturated rings. The van der Waals surface area contributed by atoms with Crippen LogP contribution in [-0.2, 0) is 92.8 Å². The molecule has 2 aromatic carbocycles. The van der Waals surface area contributed by atoms with E-state index in [1.807, 2.05) is 0 Å². The second-order valence-electron chi connectivity index (χ2n) is 26.4. The van der Waals surface area contributed by atoms with Crippen LogP contribution in [0.2, 0.25) is 0 Å². The number of nitrogens with two attached hydrogens (primary N) is 1. The van der Waals surface area contributed by atoms with Gasteiger partial charge in [0.05, 0.1) is 24.8 Å². The smallest absolute Gasteiger partial charge is 0.327 e. The van der Waals surface area contributed by atoms with Crippen molar-refractivity contribution in [3.05, 3.63) is 114 Å². The van der Waals surface area contributed by atoms with Crippen LogP contribution in [0.25, 0.3) is 10.9 Å². The maximum absolute atomic E-state index is 15.4. The predicted octanol–water partition coefficient (Wildman–Crippen LogP) is -2.47. The number of hydrogen-bond donors (Lipinski definition) is 20. The summed E-state index contributed by atoms with van der Waals surface area (Å²) in [6.45, 7) is 8.88. The molecule has 12 amide bonds. The number of hydrogen-bond acceptors (Lipinski definition) is 21. The van der Waals surface area contributed by atoms with E-state index in [0.29, 0.717) is 22.0 Å². The Morgan fingerprint density at radius 1 is 0.533 bits per heavy atom. The molecule has 0 saturated carbocycles. The molecule has 107 heavy (non-hydrogen) atoms. The number of benzene rings is 2. The molecule has 15 atom stereocenters. The fourth-order valence-electron chi connectivity index (χ4n) is 11.4. The number of nitrogens with zero attached hydrogens (tertiary/aromatic N) is 2. The van der Waals surface area contributed by atoms with Crippen molar-refractivity contribution in [1.29, 1.82) is 0 Å². The largest absolute Gasteiger partial charge is 0.508 e. The number of aromatic nitrogens is 5. The van der Waals surface area contributed by atoms with Crippen LogP contribution in [0, 0.1) is 11.8 Å². The van der Waals surface area contributed by atoms with E-state index in [1.165, 1.54) is 68.4 Å². The molecule has 38 heteroatoms. The van der Waals surface area contributed by atoms with Crippen molar-refractivity contribution in [2.75, 3.05) is 11.5 Å². The molecule has 2 aliphatic heterocycles. The van der Waals surface area contributed by atoms with Crippen LogP contribution in [0.5, 0.6) is 5.75 Å². The summed E-state index contributed by atoms with van der Waals surface area (Å²) in [6.07, 6.45) is 4.10. The molecule has 5 heterocycles. The van der Waals surface area contributed by atoms with Gasteiger partial charge in [-0.25, -0.2) is 14.8 Å².